The van der Waals surface area contributed by atoms with Crippen molar-refractivity contribution >= 4 is 22.1 Å². The number of ether oxygens (including phenoxy) is 4. The van der Waals surface area contributed by atoms with Crippen molar-refractivity contribution < 1.29 is 56.8 Å². The molecule has 1 aliphatic heterocycles. The molecule has 4 N–H and O–H groups in total. The SMILES string of the molecule is CCCCCCCCCCCCCCCCCCCCCCCC(=O)OC(COC(=O)CCCCCCCCCCCC)COC1OC(CS(=O)(=O)O)C(O)C(O)C1O. The van der Waals surface area contributed by atoms with E-state index in [-0.39, 0.29) is 19.4 Å². The van der Waals surface area contributed by atoms with Crippen molar-refractivity contribution in [1.82, 2.24) is 0 Å². The number of carbonyl (C=O) groups is 2. The Labute approximate surface area is 359 Å². The van der Waals surface area contributed by atoms with Crippen molar-refractivity contribution in [2.24, 2.45) is 0 Å². The number of esters is 2. The van der Waals surface area contributed by atoms with E-state index in [0.717, 1.165) is 38.5 Å². The van der Waals surface area contributed by atoms with Crippen LogP contribution in [0.3, 0.4) is 0 Å². The summed E-state index contributed by atoms with van der Waals surface area (Å²) in [5, 5.41) is 30.9. The van der Waals surface area contributed by atoms with Gasteiger partial charge in [0, 0.05) is 12.8 Å². The van der Waals surface area contributed by atoms with E-state index in [4.69, 9.17) is 18.9 Å². The molecule has 0 spiro atoms. The van der Waals surface area contributed by atoms with Gasteiger partial charge in [0.25, 0.3) is 10.1 Å². The van der Waals surface area contributed by atoms with Crippen LogP contribution in [0, 0.1) is 0 Å². The molecule has 1 fully saturated rings. The van der Waals surface area contributed by atoms with Gasteiger partial charge in [0.05, 0.1) is 6.61 Å². The van der Waals surface area contributed by atoms with Gasteiger partial charge in [-0.3, -0.25) is 14.1 Å². The summed E-state index contributed by atoms with van der Waals surface area (Å²) in [5.41, 5.74) is 0. The summed E-state index contributed by atoms with van der Waals surface area (Å²) in [7, 11) is -4.60. The van der Waals surface area contributed by atoms with Crippen LogP contribution in [0.4, 0.5) is 0 Å². The summed E-state index contributed by atoms with van der Waals surface area (Å²) < 4.78 is 54.1. The first-order valence-corrected chi connectivity index (χ1v) is 25.7. The largest absolute Gasteiger partial charge is 0.462 e. The standard InChI is InChI=1S/C46H88O12S/c1-3-5-7-9-11-13-15-16-17-18-19-20-21-22-23-24-25-27-29-31-33-35-42(48)57-39(36-55-41(47)34-32-30-28-26-14-12-10-8-6-4-2)37-56-46-45(51)44(50)43(49)40(58-46)38-59(52,53)54/h39-40,43-46,49-51H,3-38H2,1-2H3,(H,52,53,54). The Morgan fingerprint density at radius 1 is 0.508 bits per heavy atom. The molecule has 0 aliphatic carbocycles. The maximum absolute atomic E-state index is 12.8. The van der Waals surface area contributed by atoms with Crippen LogP contribution in [0.15, 0.2) is 0 Å². The van der Waals surface area contributed by atoms with Crippen LogP contribution in [0.5, 0.6) is 0 Å². The summed E-state index contributed by atoms with van der Waals surface area (Å²) in [6.07, 6.45) is 28.7. The first-order chi connectivity index (χ1) is 28.5. The molecule has 12 nitrogen and oxygen atoms in total. The van der Waals surface area contributed by atoms with Crippen molar-refractivity contribution in [1.29, 1.82) is 0 Å². The van der Waals surface area contributed by atoms with Crippen LogP contribution >= 0.6 is 0 Å². The van der Waals surface area contributed by atoms with Crippen LogP contribution < -0.4 is 0 Å². The highest BCUT2D eigenvalue weighted by atomic mass is 32.2. The summed E-state index contributed by atoms with van der Waals surface area (Å²) >= 11 is 0. The molecule has 1 aliphatic rings. The number of rotatable bonds is 41. The minimum Gasteiger partial charge on any atom is -0.462 e. The van der Waals surface area contributed by atoms with Gasteiger partial charge in [0.1, 0.15) is 36.8 Å². The van der Waals surface area contributed by atoms with Crippen molar-refractivity contribution in [3.63, 3.8) is 0 Å². The number of aliphatic hydroxyl groups is 3. The molecule has 0 radical (unpaired) electrons. The number of hydrogen-bond acceptors (Lipinski definition) is 11. The Kier molecular flexibility index (Phi) is 35.1. The molecular weight excluding hydrogens is 777 g/mol. The predicted molar refractivity (Wildman–Crippen MR) is 234 cm³/mol. The van der Waals surface area contributed by atoms with Gasteiger partial charge in [-0.15, -0.1) is 0 Å². The van der Waals surface area contributed by atoms with E-state index in [9.17, 15) is 37.9 Å². The first-order valence-electron chi connectivity index (χ1n) is 24.1. The van der Waals surface area contributed by atoms with E-state index in [1.807, 2.05) is 0 Å². The number of carbonyl (C=O) groups excluding carboxylic acids is 2. The molecule has 59 heavy (non-hydrogen) atoms. The smallest absolute Gasteiger partial charge is 0.306 e. The third-order valence-electron chi connectivity index (χ3n) is 11.4. The lowest BCUT2D eigenvalue weighted by atomic mass is 10.00. The molecule has 0 saturated carbocycles. The minimum absolute atomic E-state index is 0.173. The molecule has 13 heteroatoms. The second-order valence-electron chi connectivity index (χ2n) is 17.1. The zero-order chi connectivity index (χ0) is 43.4. The Bertz CT molecular complexity index is 1110. The van der Waals surface area contributed by atoms with Gasteiger partial charge in [-0.25, -0.2) is 0 Å². The molecule has 1 rings (SSSR count). The lowest BCUT2D eigenvalue weighted by Crippen LogP contribution is -2.60. The average Bonchev–Trinajstić information content (AvgIpc) is 3.20. The highest BCUT2D eigenvalue weighted by Gasteiger charge is 2.46. The van der Waals surface area contributed by atoms with Gasteiger partial charge < -0.3 is 34.3 Å². The molecule has 6 atom stereocenters. The second kappa shape index (κ2) is 37.2. The fourth-order valence-electron chi connectivity index (χ4n) is 7.68. The molecule has 0 amide bonds. The molecule has 350 valence electrons. The maximum atomic E-state index is 12.8. The number of unbranched alkanes of at least 4 members (excludes halogenated alkanes) is 29. The van der Waals surface area contributed by atoms with E-state index in [1.165, 1.54) is 148 Å². The molecule has 1 saturated heterocycles. The fourth-order valence-corrected chi connectivity index (χ4v) is 8.37. The van der Waals surface area contributed by atoms with Gasteiger partial charge in [-0.2, -0.15) is 8.42 Å². The minimum atomic E-state index is -4.60. The van der Waals surface area contributed by atoms with Gasteiger partial charge in [-0.1, -0.05) is 200 Å². The average molecular weight is 865 g/mol. The summed E-state index contributed by atoms with van der Waals surface area (Å²) in [6, 6.07) is 0. The van der Waals surface area contributed by atoms with Crippen molar-refractivity contribution in [2.45, 2.75) is 263 Å². The molecule has 0 aromatic carbocycles. The highest BCUT2D eigenvalue weighted by Crippen LogP contribution is 2.24. The molecule has 6 unspecified atom stereocenters. The Hall–Kier alpha value is -1.35. The predicted octanol–water partition coefficient (Wildman–Crippen LogP) is 10.1. The third kappa shape index (κ3) is 32.1. The van der Waals surface area contributed by atoms with Crippen molar-refractivity contribution in [3.05, 3.63) is 0 Å². The Balaban J connectivity index is 2.34. The van der Waals surface area contributed by atoms with Gasteiger partial charge in [0.15, 0.2) is 12.4 Å². The molecule has 1 heterocycles. The van der Waals surface area contributed by atoms with Crippen molar-refractivity contribution in [3.8, 4) is 0 Å². The van der Waals surface area contributed by atoms with Gasteiger partial charge in [-0.05, 0) is 12.8 Å². The van der Waals surface area contributed by atoms with E-state index in [1.54, 1.807) is 0 Å². The summed E-state index contributed by atoms with van der Waals surface area (Å²) in [4.78, 5) is 25.4. The zero-order valence-electron chi connectivity index (χ0n) is 37.4. The molecular formula is C46H88O12S. The number of hydrogen-bond donors (Lipinski definition) is 4. The van der Waals surface area contributed by atoms with E-state index in [0.29, 0.717) is 12.8 Å². The Morgan fingerprint density at radius 2 is 0.864 bits per heavy atom. The quantitative estimate of drug-likeness (QED) is 0.0259. The van der Waals surface area contributed by atoms with Gasteiger partial charge in [0.2, 0.25) is 0 Å². The van der Waals surface area contributed by atoms with Crippen LogP contribution in [-0.2, 0) is 38.7 Å². The van der Waals surface area contributed by atoms with E-state index in [2.05, 4.69) is 13.8 Å². The molecule has 0 bridgehead atoms. The fraction of sp³-hybridized carbons (Fsp3) is 0.957. The van der Waals surface area contributed by atoms with Crippen LogP contribution in [0.25, 0.3) is 0 Å². The summed E-state index contributed by atoms with van der Waals surface area (Å²) in [5.74, 6) is -1.96. The van der Waals surface area contributed by atoms with Crippen LogP contribution in [0.1, 0.15) is 226 Å². The maximum Gasteiger partial charge on any atom is 0.306 e. The first kappa shape index (κ1) is 55.7. The topological polar surface area (TPSA) is 186 Å². The lowest BCUT2D eigenvalue weighted by Gasteiger charge is -2.40. The van der Waals surface area contributed by atoms with Gasteiger partial charge >= 0.3 is 11.9 Å². The van der Waals surface area contributed by atoms with Crippen LogP contribution in [-0.4, -0.2) is 96.0 Å². The molecule has 0 aromatic rings. The zero-order valence-corrected chi connectivity index (χ0v) is 38.2. The molecule has 0 aromatic heterocycles. The van der Waals surface area contributed by atoms with E-state index >= 15 is 0 Å². The normalized spacial score (nSPS) is 20.1. The highest BCUT2D eigenvalue weighted by molar-refractivity contribution is 7.85. The van der Waals surface area contributed by atoms with Crippen molar-refractivity contribution in [2.75, 3.05) is 19.0 Å². The number of aliphatic hydroxyl groups excluding tert-OH is 3. The third-order valence-corrected chi connectivity index (χ3v) is 12.2. The monoisotopic (exact) mass is 865 g/mol. The van der Waals surface area contributed by atoms with E-state index < -0.39 is 71.2 Å². The summed E-state index contributed by atoms with van der Waals surface area (Å²) in [6.45, 7) is 3.77. The lowest BCUT2D eigenvalue weighted by molar-refractivity contribution is -0.297. The second-order valence-corrected chi connectivity index (χ2v) is 18.6. The Morgan fingerprint density at radius 3 is 1.24 bits per heavy atom. The van der Waals surface area contributed by atoms with Crippen LogP contribution in [0.2, 0.25) is 0 Å².